The topological polar surface area (TPSA) is 0 Å². The van der Waals surface area contributed by atoms with Crippen molar-refractivity contribution in [3.8, 4) is 0 Å². The standard InChI is InChI=1S/C5H8/c1-2-5-3-4(1)5/h4-5H,1-3H2. The summed E-state index contributed by atoms with van der Waals surface area (Å²) in [6.45, 7) is 0. The summed E-state index contributed by atoms with van der Waals surface area (Å²) in [5.74, 6) is 2.46. The molecule has 0 aliphatic heterocycles. The highest BCUT2D eigenvalue weighted by atomic mass is 14.5. The lowest BCUT2D eigenvalue weighted by Crippen LogP contribution is -1.93. The minimum Gasteiger partial charge on any atom is -0.0499 e. The second kappa shape index (κ2) is 0.444. The van der Waals surface area contributed by atoms with Crippen molar-refractivity contribution in [2.45, 2.75) is 19.3 Å². The number of hydrogen-bond donors (Lipinski definition) is 0. The Balaban J connectivity index is 2.19. The first-order chi connectivity index (χ1) is 2.47. The molecule has 0 aromatic rings. The monoisotopic (exact) mass is 68.1 g/mol. The highest BCUT2D eigenvalue weighted by Crippen LogP contribution is 2.55. The van der Waals surface area contributed by atoms with Crippen molar-refractivity contribution in [1.82, 2.24) is 0 Å². The summed E-state index contributed by atoms with van der Waals surface area (Å²) in [6.07, 6.45) is 4.70. The van der Waals surface area contributed by atoms with Crippen molar-refractivity contribution in [2.24, 2.45) is 11.8 Å². The van der Waals surface area contributed by atoms with Gasteiger partial charge in [0.1, 0.15) is 0 Å². The van der Waals surface area contributed by atoms with Crippen LogP contribution in [0.3, 0.4) is 0 Å². The minimum atomic E-state index is 1.23. The lowest BCUT2D eigenvalue weighted by molar-refractivity contribution is 0.468. The van der Waals surface area contributed by atoms with Crippen molar-refractivity contribution in [3.05, 3.63) is 0 Å². The van der Waals surface area contributed by atoms with Crippen molar-refractivity contribution < 1.29 is 0 Å². The molecule has 0 heterocycles. The molecule has 0 heteroatoms. The zero-order valence-corrected chi connectivity index (χ0v) is 3.28. The van der Waals surface area contributed by atoms with Crippen LogP contribution < -0.4 is 0 Å². The largest absolute Gasteiger partial charge is 0.0499 e. The maximum atomic E-state index is 1.58. The van der Waals surface area contributed by atoms with Gasteiger partial charge in [0.25, 0.3) is 0 Å². The molecule has 0 aromatic carbocycles. The van der Waals surface area contributed by atoms with Crippen LogP contribution in [0.15, 0.2) is 0 Å². The first-order valence-electron chi connectivity index (χ1n) is 2.47. The van der Waals surface area contributed by atoms with Gasteiger partial charge in [0, 0.05) is 0 Å². The van der Waals surface area contributed by atoms with Gasteiger partial charge in [-0.1, -0.05) is 0 Å². The SMILES string of the molecule is C1CC2CC12. The molecule has 2 aliphatic rings. The molecule has 0 aromatic heterocycles. The lowest BCUT2D eigenvalue weighted by Gasteiger charge is -2.04. The second-order valence-corrected chi connectivity index (χ2v) is 2.33. The van der Waals surface area contributed by atoms with E-state index in [4.69, 9.17) is 0 Å². The van der Waals surface area contributed by atoms with Crippen LogP contribution in [-0.2, 0) is 0 Å². The third-order valence-corrected chi connectivity index (χ3v) is 1.98. The maximum absolute atomic E-state index is 1.58. The Labute approximate surface area is 32.2 Å². The van der Waals surface area contributed by atoms with Gasteiger partial charge in [-0.15, -0.1) is 0 Å². The van der Waals surface area contributed by atoms with Gasteiger partial charge in [0.15, 0.2) is 0 Å². The molecular weight excluding hydrogens is 60.1 g/mol. The summed E-state index contributed by atoms with van der Waals surface area (Å²) in [6, 6.07) is 0. The van der Waals surface area contributed by atoms with Crippen LogP contribution in [0.5, 0.6) is 0 Å². The fourth-order valence-electron chi connectivity index (χ4n) is 1.18. The Hall–Kier alpha value is 0. The minimum absolute atomic E-state index is 1.23. The van der Waals surface area contributed by atoms with Crippen LogP contribution >= 0.6 is 0 Å². The molecule has 0 N–H and O–H groups in total. The average Bonchev–Trinajstić information content (AvgIpc) is 1.74. The Morgan fingerprint density at radius 3 is 1.60 bits per heavy atom. The molecule has 0 spiro atoms. The molecule has 0 saturated heterocycles. The van der Waals surface area contributed by atoms with Gasteiger partial charge in [-0.2, -0.15) is 0 Å². The van der Waals surface area contributed by atoms with E-state index in [0.29, 0.717) is 0 Å². The van der Waals surface area contributed by atoms with E-state index in [1.807, 2.05) is 0 Å². The molecule has 2 unspecified atom stereocenters. The van der Waals surface area contributed by atoms with E-state index in [2.05, 4.69) is 0 Å². The van der Waals surface area contributed by atoms with Gasteiger partial charge < -0.3 is 0 Å². The molecule has 5 heavy (non-hydrogen) atoms. The van der Waals surface area contributed by atoms with Crippen LogP contribution in [0.1, 0.15) is 19.3 Å². The summed E-state index contributed by atoms with van der Waals surface area (Å²) >= 11 is 0. The van der Waals surface area contributed by atoms with Gasteiger partial charge in [0.05, 0.1) is 0 Å². The number of hydrogen-bond acceptors (Lipinski definition) is 0. The Bertz CT molecular complexity index is 45.1. The van der Waals surface area contributed by atoms with Crippen molar-refractivity contribution >= 4 is 0 Å². The molecule has 0 nitrogen and oxygen atoms in total. The van der Waals surface area contributed by atoms with Gasteiger partial charge >= 0.3 is 0 Å². The molecule has 0 bridgehead atoms. The Kier molecular flexibility index (Phi) is 0.198. The molecular formula is C5H8. The van der Waals surface area contributed by atoms with Gasteiger partial charge in [-0.3, -0.25) is 0 Å². The smallest absolute Gasteiger partial charge is 0.0383 e. The summed E-state index contributed by atoms with van der Waals surface area (Å²) in [5, 5.41) is 0. The van der Waals surface area contributed by atoms with Crippen molar-refractivity contribution in [3.63, 3.8) is 0 Å². The van der Waals surface area contributed by atoms with E-state index in [-0.39, 0.29) is 0 Å². The quantitative estimate of drug-likeness (QED) is 0.402. The van der Waals surface area contributed by atoms with E-state index >= 15 is 0 Å². The fraction of sp³-hybridized carbons (Fsp3) is 1.00. The maximum Gasteiger partial charge on any atom is -0.0383 e. The molecule has 2 rings (SSSR count). The fourth-order valence-corrected chi connectivity index (χ4v) is 1.18. The average molecular weight is 68.1 g/mol. The summed E-state index contributed by atoms with van der Waals surface area (Å²) in [4.78, 5) is 0. The highest BCUT2D eigenvalue weighted by molar-refractivity contribution is 4.95. The summed E-state index contributed by atoms with van der Waals surface area (Å²) in [5.41, 5.74) is 0. The van der Waals surface area contributed by atoms with E-state index in [1.165, 1.54) is 11.8 Å². The zero-order valence-electron chi connectivity index (χ0n) is 3.28. The third kappa shape index (κ3) is 0.132. The van der Waals surface area contributed by atoms with E-state index in [0.717, 1.165) is 0 Å². The number of fused-ring (bicyclic) bond motifs is 1. The summed E-state index contributed by atoms with van der Waals surface area (Å²) in [7, 11) is 0. The molecule has 0 radical (unpaired) electrons. The lowest BCUT2D eigenvalue weighted by atomic mass is 10.0. The zero-order chi connectivity index (χ0) is 3.28. The van der Waals surface area contributed by atoms with Crippen LogP contribution in [0.4, 0.5) is 0 Å². The highest BCUT2D eigenvalue weighted by Gasteiger charge is 2.44. The predicted octanol–water partition coefficient (Wildman–Crippen LogP) is 1.42. The van der Waals surface area contributed by atoms with E-state index < -0.39 is 0 Å². The third-order valence-electron chi connectivity index (χ3n) is 1.98. The molecule has 2 atom stereocenters. The normalized spacial score (nSPS) is 57.6. The van der Waals surface area contributed by atoms with Crippen molar-refractivity contribution in [1.29, 1.82) is 0 Å². The van der Waals surface area contributed by atoms with Crippen LogP contribution in [0, 0.1) is 11.8 Å². The first kappa shape index (κ1) is 2.22. The van der Waals surface area contributed by atoms with Crippen LogP contribution in [-0.4, -0.2) is 0 Å². The van der Waals surface area contributed by atoms with Gasteiger partial charge in [0.2, 0.25) is 0 Å². The molecule has 2 aliphatic carbocycles. The van der Waals surface area contributed by atoms with Crippen LogP contribution in [0.25, 0.3) is 0 Å². The molecule has 0 amide bonds. The summed E-state index contributed by atoms with van der Waals surface area (Å²) < 4.78 is 0. The molecule has 2 fully saturated rings. The number of rotatable bonds is 0. The molecule has 2 saturated carbocycles. The van der Waals surface area contributed by atoms with Crippen LogP contribution in [0.2, 0.25) is 0 Å². The van der Waals surface area contributed by atoms with Gasteiger partial charge in [-0.05, 0) is 31.1 Å². The van der Waals surface area contributed by atoms with Gasteiger partial charge in [-0.25, -0.2) is 0 Å². The second-order valence-electron chi connectivity index (χ2n) is 2.33. The molecule has 28 valence electrons. The first-order valence-corrected chi connectivity index (χ1v) is 2.47. The van der Waals surface area contributed by atoms with Crippen molar-refractivity contribution in [2.75, 3.05) is 0 Å². The van der Waals surface area contributed by atoms with E-state index in [1.54, 1.807) is 19.3 Å². The Morgan fingerprint density at radius 1 is 1.00 bits per heavy atom. The Morgan fingerprint density at radius 2 is 1.60 bits per heavy atom. The predicted molar refractivity (Wildman–Crippen MR) is 20.8 cm³/mol. The van der Waals surface area contributed by atoms with E-state index in [9.17, 15) is 0 Å².